The van der Waals surface area contributed by atoms with Gasteiger partial charge in [-0.15, -0.1) is 0 Å². The van der Waals surface area contributed by atoms with E-state index in [1.54, 1.807) is 22.2 Å². The third-order valence-corrected chi connectivity index (χ3v) is 5.34. The molecule has 5 nitrogen and oxygen atoms in total. The van der Waals surface area contributed by atoms with Crippen molar-refractivity contribution in [3.63, 3.8) is 0 Å². The molecule has 6 heteroatoms. The van der Waals surface area contributed by atoms with Gasteiger partial charge in [-0.05, 0) is 48.9 Å². The number of nitrogens with one attached hydrogen (secondary N) is 1. The molecule has 138 valence electrons. The highest BCUT2D eigenvalue weighted by molar-refractivity contribution is 7.08. The quantitative estimate of drug-likeness (QED) is 0.873. The van der Waals surface area contributed by atoms with Crippen molar-refractivity contribution < 1.29 is 9.59 Å². The molecule has 0 unspecified atom stereocenters. The molecule has 1 amide bonds. The second-order valence-electron chi connectivity index (χ2n) is 6.76. The molecule has 0 aliphatic heterocycles. The maximum atomic E-state index is 12.6. The second kappa shape index (κ2) is 8.94. The van der Waals surface area contributed by atoms with Crippen LogP contribution in [-0.4, -0.2) is 29.0 Å². The third-order valence-electron chi connectivity index (χ3n) is 4.66. The molecule has 1 saturated carbocycles. The van der Waals surface area contributed by atoms with Crippen LogP contribution in [0.4, 0.5) is 0 Å². The number of hydrogen-bond donors (Lipinski definition) is 1. The average Bonchev–Trinajstić information content (AvgIpc) is 3.17. The Kier molecular flexibility index (Phi) is 6.39. The summed E-state index contributed by atoms with van der Waals surface area (Å²) in [5.41, 5.74) is 2.46. The number of carbonyl (C=O) groups excluding carboxylic acids is 2. The monoisotopic (exact) mass is 371 g/mol. The smallest absolute Gasteiger partial charge is 0.252 e. The largest absolute Gasteiger partial charge is 0.351 e. The lowest BCUT2D eigenvalue weighted by molar-refractivity contribution is 0.0888. The fraction of sp³-hybridized carbons (Fsp3) is 0.450. The van der Waals surface area contributed by atoms with E-state index >= 15 is 0 Å². The highest BCUT2D eigenvalue weighted by Gasteiger charge is 2.13. The Morgan fingerprint density at radius 3 is 2.81 bits per heavy atom. The molecule has 2 aromatic rings. The van der Waals surface area contributed by atoms with Crippen LogP contribution in [0.2, 0.25) is 0 Å². The van der Waals surface area contributed by atoms with Crippen molar-refractivity contribution in [2.24, 2.45) is 4.99 Å². The molecule has 1 fully saturated rings. The first-order valence-corrected chi connectivity index (χ1v) is 10.1. The molecule has 0 spiro atoms. The topological polar surface area (TPSA) is 63.5 Å². The van der Waals surface area contributed by atoms with Crippen molar-refractivity contribution >= 4 is 23.2 Å². The van der Waals surface area contributed by atoms with Gasteiger partial charge in [0.1, 0.15) is 5.49 Å². The maximum absolute atomic E-state index is 12.6. The number of pyridine rings is 1. The van der Waals surface area contributed by atoms with Crippen LogP contribution in [-0.2, 0) is 0 Å². The van der Waals surface area contributed by atoms with Crippen LogP contribution in [0.5, 0.6) is 0 Å². The van der Waals surface area contributed by atoms with Gasteiger partial charge in [-0.25, -0.2) is 0 Å². The van der Waals surface area contributed by atoms with Gasteiger partial charge < -0.3 is 5.32 Å². The number of aryl methyl sites for hydroxylation is 1. The Morgan fingerprint density at radius 1 is 1.27 bits per heavy atom. The number of thiophene rings is 1. The molecule has 0 saturated heterocycles. The lowest BCUT2D eigenvalue weighted by Crippen LogP contribution is -2.32. The van der Waals surface area contributed by atoms with Crippen molar-refractivity contribution in [2.45, 2.75) is 51.5 Å². The van der Waals surface area contributed by atoms with Crippen LogP contribution in [0.1, 0.15) is 59.2 Å². The summed E-state index contributed by atoms with van der Waals surface area (Å²) in [6.45, 7) is 2.33. The summed E-state index contributed by atoms with van der Waals surface area (Å²) in [5, 5.41) is 6.46. The fourth-order valence-corrected chi connectivity index (χ4v) is 3.83. The van der Waals surface area contributed by atoms with Crippen LogP contribution < -0.4 is 10.8 Å². The van der Waals surface area contributed by atoms with Crippen LogP contribution in [0.25, 0.3) is 0 Å². The summed E-state index contributed by atoms with van der Waals surface area (Å²) in [6.07, 6.45) is 7.93. The Labute approximate surface area is 157 Å². The normalized spacial score (nSPS) is 15.8. The SMILES string of the molecule is Cc1ccn(C(=O)CCNC(=O)c2ccsc2)c(=NC2CCCCC2)c1. The highest BCUT2D eigenvalue weighted by Crippen LogP contribution is 2.19. The van der Waals surface area contributed by atoms with E-state index in [0.717, 1.165) is 23.9 Å². The molecule has 1 aliphatic carbocycles. The van der Waals surface area contributed by atoms with E-state index < -0.39 is 0 Å². The van der Waals surface area contributed by atoms with E-state index in [2.05, 4.69) is 5.32 Å². The summed E-state index contributed by atoms with van der Waals surface area (Å²) in [6, 6.07) is 5.97. The van der Waals surface area contributed by atoms with E-state index in [0.29, 0.717) is 18.2 Å². The highest BCUT2D eigenvalue weighted by atomic mass is 32.1. The summed E-state index contributed by atoms with van der Waals surface area (Å²) >= 11 is 1.48. The van der Waals surface area contributed by atoms with Crippen LogP contribution in [0.15, 0.2) is 40.1 Å². The van der Waals surface area contributed by atoms with E-state index in [-0.39, 0.29) is 18.2 Å². The molecule has 2 aromatic heterocycles. The van der Waals surface area contributed by atoms with Gasteiger partial charge in [0, 0.05) is 30.1 Å². The molecule has 1 aliphatic rings. The first-order chi connectivity index (χ1) is 12.6. The molecule has 1 N–H and O–H groups in total. The van der Waals surface area contributed by atoms with Gasteiger partial charge in [0.05, 0.1) is 6.04 Å². The van der Waals surface area contributed by atoms with E-state index in [9.17, 15) is 9.59 Å². The van der Waals surface area contributed by atoms with E-state index in [1.165, 1.54) is 30.6 Å². The second-order valence-corrected chi connectivity index (χ2v) is 7.54. The van der Waals surface area contributed by atoms with Gasteiger partial charge >= 0.3 is 0 Å². The minimum atomic E-state index is -0.139. The number of rotatable bonds is 5. The fourth-order valence-electron chi connectivity index (χ4n) is 3.20. The van der Waals surface area contributed by atoms with Crippen LogP contribution in [0.3, 0.4) is 0 Å². The average molecular weight is 372 g/mol. The molecule has 0 aromatic carbocycles. The van der Waals surface area contributed by atoms with E-state index in [1.807, 2.05) is 24.4 Å². The summed E-state index contributed by atoms with van der Waals surface area (Å²) in [4.78, 5) is 29.4. The predicted octanol–water partition coefficient (Wildman–Crippen LogP) is 3.55. The first kappa shape index (κ1) is 18.6. The number of amides is 1. The Morgan fingerprint density at radius 2 is 2.08 bits per heavy atom. The van der Waals surface area contributed by atoms with Gasteiger partial charge in [-0.2, -0.15) is 11.3 Å². The minimum Gasteiger partial charge on any atom is -0.351 e. The van der Waals surface area contributed by atoms with Gasteiger partial charge in [0.25, 0.3) is 5.91 Å². The van der Waals surface area contributed by atoms with Crippen molar-refractivity contribution in [3.8, 4) is 0 Å². The predicted molar refractivity (Wildman–Crippen MR) is 104 cm³/mol. The molecule has 3 rings (SSSR count). The lowest BCUT2D eigenvalue weighted by Gasteiger charge is -2.18. The van der Waals surface area contributed by atoms with Crippen LogP contribution >= 0.6 is 11.3 Å². The van der Waals surface area contributed by atoms with Gasteiger partial charge in [-0.3, -0.25) is 19.1 Å². The summed E-state index contributed by atoms with van der Waals surface area (Å²) in [7, 11) is 0. The zero-order chi connectivity index (χ0) is 18.4. The van der Waals surface area contributed by atoms with Crippen molar-refractivity contribution in [1.82, 2.24) is 9.88 Å². The van der Waals surface area contributed by atoms with Crippen molar-refractivity contribution in [2.75, 3.05) is 6.54 Å². The number of carbonyl (C=O) groups is 2. The van der Waals surface area contributed by atoms with Gasteiger partial charge in [-0.1, -0.05) is 19.3 Å². The molecule has 0 atom stereocenters. The third kappa shape index (κ3) is 4.91. The summed E-state index contributed by atoms with van der Waals surface area (Å²) < 4.78 is 1.62. The number of hydrogen-bond acceptors (Lipinski definition) is 4. The standard InChI is InChI=1S/C20H25N3O2S/c1-15-8-11-23(18(13-15)22-17-5-3-2-4-6-17)19(24)7-10-21-20(25)16-9-12-26-14-16/h8-9,11-14,17H,2-7,10H2,1H3,(H,21,25). The summed E-state index contributed by atoms with van der Waals surface area (Å²) in [5.74, 6) is -0.190. The van der Waals surface area contributed by atoms with Crippen LogP contribution in [0, 0.1) is 6.92 Å². The van der Waals surface area contributed by atoms with Crippen molar-refractivity contribution in [1.29, 1.82) is 0 Å². The first-order valence-electron chi connectivity index (χ1n) is 9.20. The zero-order valence-corrected chi connectivity index (χ0v) is 15.9. The van der Waals surface area contributed by atoms with Gasteiger partial charge in [0.15, 0.2) is 0 Å². The maximum Gasteiger partial charge on any atom is 0.252 e. The molecular formula is C20H25N3O2S. The minimum absolute atomic E-state index is 0.0508. The molecule has 2 heterocycles. The number of nitrogens with zero attached hydrogens (tertiary/aromatic N) is 2. The Hall–Kier alpha value is -2.21. The van der Waals surface area contributed by atoms with Gasteiger partial charge in [0.2, 0.25) is 5.91 Å². The molecular weight excluding hydrogens is 346 g/mol. The molecule has 26 heavy (non-hydrogen) atoms. The van der Waals surface area contributed by atoms with Crippen molar-refractivity contribution in [3.05, 3.63) is 51.8 Å². The molecule has 0 radical (unpaired) electrons. The van der Waals surface area contributed by atoms with E-state index in [4.69, 9.17) is 4.99 Å². The number of aromatic nitrogens is 1. The molecule has 0 bridgehead atoms. The Bertz CT molecular complexity index is 818. The zero-order valence-electron chi connectivity index (χ0n) is 15.1. The lowest BCUT2D eigenvalue weighted by atomic mass is 9.96. The Balaban J connectivity index is 1.66.